The number of thiophene rings is 1. The first-order valence-corrected chi connectivity index (χ1v) is 21.4. The SMILES string of the molecule is C=C1c2ccc(-c3cc(-c4ccc5c(c4)c4cc6c(cc4n5-c4ccc(CCCC)cc4)C(C)(C)c4ccccc4-6)cs3)cc2-c2cccc[n+]2C1(CC)CC. The Hall–Kier alpha value is -5.51. The molecule has 276 valence electrons. The first-order chi connectivity index (χ1) is 27.3. The zero-order valence-corrected chi connectivity index (χ0v) is 34.1. The molecule has 0 fully saturated rings. The normalized spacial score (nSPS) is 14.8. The molecule has 0 bridgehead atoms. The molecule has 2 nitrogen and oxygen atoms in total. The maximum atomic E-state index is 4.69. The van der Waals surface area contributed by atoms with E-state index < -0.39 is 0 Å². The molecule has 5 aromatic carbocycles. The Morgan fingerprint density at radius 2 is 1.41 bits per heavy atom. The van der Waals surface area contributed by atoms with Gasteiger partial charge >= 0.3 is 0 Å². The van der Waals surface area contributed by atoms with E-state index in [9.17, 15) is 0 Å². The third-order valence-corrected chi connectivity index (χ3v) is 14.4. The second kappa shape index (κ2) is 13.0. The standard InChI is InChI=1S/C53H49N2S/c1-7-10-15-35-19-23-39(24-20-35)55-49-26-22-36(28-44(49)45-31-42-41-16-11-12-17-46(41)52(5,6)47(42)32-50(45)55)38-30-51(56-33-38)37-21-25-40-34(4)53(8-2,9-3)54-27-14-13-18-48(54)43(40)29-37/h11-14,16-33H,4,7-10,15H2,1-3,5-6H3/q+1. The Bertz CT molecular complexity index is 2860. The molecule has 0 saturated carbocycles. The highest BCUT2D eigenvalue weighted by Gasteiger charge is 2.46. The number of unbranched alkanes of at least 4 members (excludes halogenated alkanes) is 1. The summed E-state index contributed by atoms with van der Waals surface area (Å²) in [6, 6.07) is 46.4. The molecule has 2 aliphatic rings. The number of pyridine rings is 1. The summed E-state index contributed by atoms with van der Waals surface area (Å²) in [5, 5.41) is 4.93. The Morgan fingerprint density at radius 1 is 0.643 bits per heavy atom. The van der Waals surface area contributed by atoms with E-state index in [0.29, 0.717) is 0 Å². The predicted molar refractivity (Wildman–Crippen MR) is 239 cm³/mol. The van der Waals surface area contributed by atoms with Crippen LogP contribution in [-0.2, 0) is 17.4 Å². The molecule has 3 heteroatoms. The molecular weight excluding hydrogens is 697 g/mol. The fraction of sp³-hybridized carbons (Fsp3) is 0.226. The van der Waals surface area contributed by atoms with Gasteiger partial charge in [-0.3, -0.25) is 0 Å². The van der Waals surface area contributed by atoms with Gasteiger partial charge in [-0.05, 0) is 123 Å². The quantitative estimate of drug-likeness (QED) is 0.137. The van der Waals surface area contributed by atoms with Crippen molar-refractivity contribution in [1.82, 2.24) is 4.57 Å². The Morgan fingerprint density at radius 3 is 2.21 bits per heavy atom. The average molecular weight is 746 g/mol. The van der Waals surface area contributed by atoms with Gasteiger partial charge in [-0.1, -0.05) is 102 Å². The molecule has 3 aromatic heterocycles. The van der Waals surface area contributed by atoms with E-state index >= 15 is 0 Å². The number of hydrogen-bond acceptors (Lipinski definition) is 1. The van der Waals surface area contributed by atoms with Crippen LogP contribution in [0.5, 0.6) is 0 Å². The topological polar surface area (TPSA) is 8.81 Å². The van der Waals surface area contributed by atoms with Gasteiger partial charge in [0.2, 0.25) is 5.69 Å². The highest BCUT2D eigenvalue weighted by molar-refractivity contribution is 7.14. The lowest BCUT2D eigenvalue weighted by atomic mass is 9.75. The maximum absolute atomic E-state index is 4.69. The Kier molecular flexibility index (Phi) is 8.13. The van der Waals surface area contributed by atoms with Crippen LogP contribution in [0.15, 0.2) is 139 Å². The summed E-state index contributed by atoms with van der Waals surface area (Å²) in [5.74, 6) is 0. The minimum absolute atomic E-state index is 0.0660. The van der Waals surface area contributed by atoms with E-state index in [-0.39, 0.29) is 11.0 Å². The van der Waals surface area contributed by atoms with Crippen LogP contribution in [0.4, 0.5) is 0 Å². The van der Waals surface area contributed by atoms with E-state index in [1.165, 1.54) is 112 Å². The van der Waals surface area contributed by atoms with Crippen molar-refractivity contribution in [3.05, 3.63) is 162 Å². The van der Waals surface area contributed by atoms with Gasteiger partial charge in [-0.15, -0.1) is 11.3 Å². The van der Waals surface area contributed by atoms with Crippen LogP contribution in [0.1, 0.15) is 82.6 Å². The minimum Gasteiger partial charge on any atom is -0.309 e. The van der Waals surface area contributed by atoms with E-state index in [4.69, 9.17) is 6.58 Å². The zero-order valence-electron chi connectivity index (χ0n) is 33.2. The van der Waals surface area contributed by atoms with Gasteiger partial charge in [0.1, 0.15) is 0 Å². The van der Waals surface area contributed by atoms with Crippen LogP contribution in [-0.4, -0.2) is 4.57 Å². The molecule has 0 amide bonds. The highest BCUT2D eigenvalue weighted by Crippen LogP contribution is 2.51. The second-order valence-electron chi connectivity index (χ2n) is 16.6. The smallest absolute Gasteiger partial charge is 0.213 e. The number of allylic oxidation sites excluding steroid dienone is 1. The van der Waals surface area contributed by atoms with Crippen molar-refractivity contribution < 1.29 is 4.57 Å². The molecule has 0 unspecified atom stereocenters. The van der Waals surface area contributed by atoms with E-state index in [0.717, 1.165) is 19.3 Å². The average Bonchev–Trinajstić information content (AvgIpc) is 3.92. The van der Waals surface area contributed by atoms with Crippen LogP contribution < -0.4 is 4.57 Å². The third kappa shape index (κ3) is 5.03. The number of rotatable bonds is 8. The van der Waals surface area contributed by atoms with Gasteiger partial charge < -0.3 is 4.57 Å². The van der Waals surface area contributed by atoms with E-state index in [1.54, 1.807) is 0 Å². The lowest BCUT2D eigenvalue weighted by Crippen LogP contribution is -2.59. The molecule has 0 spiro atoms. The van der Waals surface area contributed by atoms with Crippen molar-refractivity contribution in [2.75, 3.05) is 0 Å². The Labute approximate surface area is 335 Å². The monoisotopic (exact) mass is 745 g/mol. The van der Waals surface area contributed by atoms with Crippen molar-refractivity contribution in [2.24, 2.45) is 0 Å². The lowest BCUT2D eigenvalue weighted by molar-refractivity contribution is -0.741. The highest BCUT2D eigenvalue weighted by atomic mass is 32.1. The van der Waals surface area contributed by atoms with Gasteiger partial charge in [0.15, 0.2) is 11.7 Å². The minimum atomic E-state index is -0.0965. The van der Waals surface area contributed by atoms with Crippen LogP contribution in [0.2, 0.25) is 0 Å². The molecule has 8 aromatic rings. The largest absolute Gasteiger partial charge is 0.309 e. The summed E-state index contributed by atoms with van der Waals surface area (Å²) in [6.45, 7) is 16.3. The molecule has 10 rings (SSSR count). The fourth-order valence-corrected chi connectivity index (χ4v) is 11.0. The number of aromatic nitrogens is 2. The van der Waals surface area contributed by atoms with Crippen LogP contribution >= 0.6 is 11.3 Å². The van der Waals surface area contributed by atoms with Crippen LogP contribution in [0.25, 0.3) is 77.0 Å². The summed E-state index contributed by atoms with van der Waals surface area (Å²) in [5.41, 5.74) is 19.3. The number of benzene rings is 5. The molecule has 4 heterocycles. The summed E-state index contributed by atoms with van der Waals surface area (Å²) >= 11 is 1.83. The number of hydrogen-bond donors (Lipinski definition) is 0. The van der Waals surface area contributed by atoms with Gasteiger partial charge in [0.25, 0.3) is 0 Å². The fourth-order valence-electron chi connectivity index (χ4n) is 10.1. The molecular formula is C53H49N2S+. The van der Waals surface area contributed by atoms with Gasteiger partial charge in [0, 0.05) is 57.3 Å². The van der Waals surface area contributed by atoms with Crippen molar-refractivity contribution in [3.63, 3.8) is 0 Å². The summed E-state index contributed by atoms with van der Waals surface area (Å²) in [7, 11) is 0. The van der Waals surface area contributed by atoms with E-state index in [2.05, 4.69) is 177 Å². The van der Waals surface area contributed by atoms with Crippen molar-refractivity contribution in [1.29, 1.82) is 0 Å². The molecule has 0 N–H and O–H groups in total. The van der Waals surface area contributed by atoms with Crippen LogP contribution in [0, 0.1) is 0 Å². The lowest BCUT2D eigenvalue weighted by Gasteiger charge is -2.34. The van der Waals surface area contributed by atoms with Gasteiger partial charge in [-0.25, -0.2) is 0 Å². The number of aryl methyl sites for hydroxylation is 1. The molecule has 0 atom stereocenters. The van der Waals surface area contributed by atoms with Crippen LogP contribution in [0.3, 0.4) is 0 Å². The number of nitrogens with zero attached hydrogens (tertiary/aromatic N) is 2. The molecule has 56 heavy (non-hydrogen) atoms. The zero-order chi connectivity index (χ0) is 38.3. The summed E-state index contributed by atoms with van der Waals surface area (Å²) in [6.07, 6.45) is 7.83. The summed E-state index contributed by atoms with van der Waals surface area (Å²) in [4.78, 5) is 1.28. The molecule has 0 radical (unpaired) electrons. The van der Waals surface area contributed by atoms with Gasteiger partial charge in [-0.2, -0.15) is 4.57 Å². The third-order valence-electron chi connectivity index (χ3n) is 13.4. The first-order valence-electron chi connectivity index (χ1n) is 20.5. The molecule has 0 saturated heterocycles. The Balaban J connectivity index is 1.10. The van der Waals surface area contributed by atoms with Crippen molar-refractivity contribution in [3.8, 4) is 49.6 Å². The van der Waals surface area contributed by atoms with Gasteiger partial charge in [0.05, 0.1) is 16.6 Å². The molecule has 1 aliphatic heterocycles. The first kappa shape index (κ1) is 34.9. The van der Waals surface area contributed by atoms with Crippen molar-refractivity contribution in [2.45, 2.75) is 77.7 Å². The van der Waals surface area contributed by atoms with E-state index in [1.807, 2.05) is 11.3 Å². The second-order valence-corrected chi connectivity index (χ2v) is 17.5. The molecule has 1 aliphatic carbocycles. The summed E-state index contributed by atoms with van der Waals surface area (Å²) < 4.78 is 4.97. The predicted octanol–water partition coefficient (Wildman–Crippen LogP) is 14.3. The van der Waals surface area contributed by atoms with Crippen molar-refractivity contribution >= 4 is 38.7 Å². The maximum Gasteiger partial charge on any atom is 0.213 e. The number of fused-ring (bicyclic) bond motifs is 9.